The number of carbonyl (C=O) groups is 1. The number of aliphatic hydroxyl groups is 1. The summed E-state index contributed by atoms with van der Waals surface area (Å²) >= 11 is 1.22. The average Bonchev–Trinajstić information content (AvgIpc) is 2.90. The predicted octanol–water partition coefficient (Wildman–Crippen LogP) is 3.68. The molecule has 0 bridgehead atoms. The highest BCUT2D eigenvalue weighted by Gasteiger charge is 2.19. The topological polar surface area (TPSA) is 66.8 Å². The van der Waals surface area contributed by atoms with Gasteiger partial charge in [-0.05, 0) is 17.5 Å². The highest BCUT2D eigenvalue weighted by atomic mass is 32.1. The standard InChI is InChI=1S/C16H18O4S/c1-10(2)14-8-13(15(21-14)16(18)19)20-9-12(17)11-6-4-3-5-7-11/h3-8,10,12,17H,9H2,1-2H3,(H,18,19). The Labute approximate surface area is 127 Å². The van der Waals surface area contributed by atoms with E-state index in [1.54, 1.807) is 18.2 Å². The average molecular weight is 306 g/mol. The first-order valence-corrected chi connectivity index (χ1v) is 7.53. The van der Waals surface area contributed by atoms with Gasteiger partial charge in [-0.25, -0.2) is 4.79 Å². The van der Waals surface area contributed by atoms with Crippen LogP contribution in [0.2, 0.25) is 0 Å². The number of aliphatic hydroxyl groups excluding tert-OH is 1. The molecule has 0 saturated heterocycles. The maximum Gasteiger partial charge on any atom is 0.349 e. The monoisotopic (exact) mass is 306 g/mol. The minimum Gasteiger partial charge on any atom is -0.489 e. The minimum atomic E-state index is -1.00. The molecule has 0 radical (unpaired) electrons. The lowest BCUT2D eigenvalue weighted by Crippen LogP contribution is -2.10. The molecule has 2 N–H and O–H groups in total. The van der Waals surface area contributed by atoms with Crippen LogP contribution in [0.3, 0.4) is 0 Å². The number of thiophene rings is 1. The maximum absolute atomic E-state index is 11.2. The molecule has 0 spiro atoms. The first-order chi connectivity index (χ1) is 9.99. The minimum absolute atomic E-state index is 0.0264. The molecule has 112 valence electrons. The van der Waals surface area contributed by atoms with Crippen molar-refractivity contribution in [2.75, 3.05) is 6.61 Å². The summed E-state index contributed by atoms with van der Waals surface area (Å²) in [5.41, 5.74) is 0.744. The van der Waals surface area contributed by atoms with E-state index in [9.17, 15) is 15.0 Å². The van der Waals surface area contributed by atoms with Crippen LogP contribution in [-0.4, -0.2) is 22.8 Å². The van der Waals surface area contributed by atoms with Crippen LogP contribution < -0.4 is 4.74 Å². The third kappa shape index (κ3) is 3.83. The zero-order chi connectivity index (χ0) is 15.4. The molecule has 1 aromatic heterocycles. The Hall–Kier alpha value is -1.85. The highest BCUT2D eigenvalue weighted by molar-refractivity contribution is 7.14. The number of carboxylic acids is 1. The summed E-state index contributed by atoms with van der Waals surface area (Å²) in [5, 5.41) is 19.3. The summed E-state index contributed by atoms with van der Waals surface area (Å²) in [4.78, 5) is 12.4. The molecule has 1 unspecified atom stereocenters. The van der Waals surface area contributed by atoms with Gasteiger partial charge in [0.2, 0.25) is 0 Å². The molecule has 4 nitrogen and oxygen atoms in total. The van der Waals surface area contributed by atoms with Crippen molar-refractivity contribution in [2.45, 2.75) is 25.9 Å². The number of benzene rings is 1. The number of hydrogen-bond acceptors (Lipinski definition) is 4. The second kappa shape index (κ2) is 6.74. The molecule has 5 heteroatoms. The zero-order valence-corrected chi connectivity index (χ0v) is 12.8. The molecule has 0 saturated carbocycles. The molecule has 21 heavy (non-hydrogen) atoms. The molecule has 0 fully saturated rings. The fraction of sp³-hybridized carbons (Fsp3) is 0.312. The Morgan fingerprint density at radius 1 is 1.29 bits per heavy atom. The van der Waals surface area contributed by atoms with Gasteiger partial charge in [-0.1, -0.05) is 44.2 Å². The van der Waals surface area contributed by atoms with E-state index < -0.39 is 12.1 Å². The smallest absolute Gasteiger partial charge is 0.349 e. The van der Waals surface area contributed by atoms with E-state index in [-0.39, 0.29) is 17.4 Å². The van der Waals surface area contributed by atoms with Crippen molar-refractivity contribution in [1.29, 1.82) is 0 Å². The van der Waals surface area contributed by atoms with E-state index in [4.69, 9.17) is 4.74 Å². The van der Waals surface area contributed by atoms with Gasteiger partial charge in [-0.15, -0.1) is 11.3 Å². The van der Waals surface area contributed by atoms with Gasteiger partial charge in [0.1, 0.15) is 18.5 Å². The van der Waals surface area contributed by atoms with Crippen molar-refractivity contribution in [3.05, 3.63) is 51.7 Å². The maximum atomic E-state index is 11.2. The Bertz CT molecular complexity index is 604. The Morgan fingerprint density at radius 2 is 1.95 bits per heavy atom. The van der Waals surface area contributed by atoms with Gasteiger partial charge in [0.25, 0.3) is 0 Å². The number of rotatable bonds is 6. The van der Waals surface area contributed by atoms with E-state index in [0.717, 1.165) is 10.4 Å². The number of aromatic carboxylic acids is 1. The van der Waals surface area contributed by atoms with Crippen molar-refractivity contribution in [2.24, 2.45) is 0 Å². The molecular formula is C16H18O4S. The van der Waals surface area contributed by atoms with Gasteiger partial charge in [0.05, 0.1) is 0 Å². The van der Waals surface area contributed by atoms with Gasteiger partial charge in [-0.2, -0.15) is 0 Å². The van der Waals surface area contributed by atoms with Crippen molar-refractivity contribution in [3.63, 3.8) is 0 Å². The fourth-order valence-corrected chi connectivity index (χ4v) is 2.82. The second-order valence-corrected chi connectivity index (χ2v) is 6.12. The summed E-state index contributed by atoms with van der Waals surface area (Å²) in [6.45, 7) is 4.03. The third-order valence-electron chi connectivity index (χ3n) is 3.06. The van der Waals surface area contributed by atoms with Crippen LogP contribution in [0.4, 0.5) is 0 Å². The van der Waals surface area contributed by atoms with Gasteiger partial charge >= 0.3 is 5.97 Å². The first kappa shape index (κ1) is 15.5. The van der Waals surface area contributed by atoms with Crippen molar-refractivity contribution < 1.29 is 19.7 Å². The SMILES string of the molecule is CC(C)c1cc(OCC(O)c2ccccc2)c(C(=O)O)s1. The lowest BCUT2D eigenvalue weighted by molar-refractivity contribution is 0.0689. The third-order valence-corrected chi connectivity index (χ3v) is 4.47. The summed E-state index contributed by atoms with van der Waals surface area (Å²) in [5.74, 6) is -0.438. The largest absolute Gasteiger partial charge is 0.489 e. The molecule has 0 amide bonds. The van der Waals surface area contributed by atoms with E-state index in [1.807, 2.05) is 32.0 Å². The van der Waals surface area contributed by atoms with Crippen LogP contribution >= 0.6 is 11.3 Å². The Kier molecular flexibility index (Phi) is 4.98. The zero-order valence-electron chi connectivity index (χ0n) is 11.9. The molecule has 1 aromatic carbocycles. The van der Waals surface area contributed by atoms with Crippen LogP contribution in [0, 0.1) is 0 Å². The highest BCUT2D eigenvalue weighted by Crippen LogP contribution is 2.34. The van der Waals surface area contributed by atoms with E-state index in [2.05, 4.69) is 0 Å². The summed E-state index contributed by atoms with van der Waals surface area (Å²) in [7, 11) is 0. The van der Waals surface area contributed by atoms with E-state index >= 15 is 0 Å². The summed E-state index contributed by atoms with van der Waals surface area (Å²) in [6.07, 6.45) is -0.782. The molecule has 0 aliphatic carbocycles. The lowest BCUT2D eigenvalue weighted by Gasteiger charge is -2.12. The van der Waals surface area contributed by atoms with Crippen molar-refractivity contribution in [1.82, 2.24) is 0 Å². The van der Waals surface area contributed by atoms with Crippen LogP contribution in [0.25, 0.3) is 0 Å². The number of carboxylic acid groups (broad SMARTS) is 1. The normalized spacial score (nSPS) is 12.4. The van der Waals surface area contributed by atoms with Crippen LogP contribution in [0.5, 0.6) is 5.75 Å². The lowest BCUT2D eigenvalue weighted by atomic mass is 10.1. The second-order valence-electron chi connectivity index (χ2n) is 5.04. The number of ether oxygens (including phenoxy) is 1. The van der Waals surface area contributed by atoms with Gasteiger partial charge in [0, 0.05) is 4.88 Å². The van der Waals surface area contributed by atoms with Crippen LogP contribution in [-0.2, 0) is 0 Å². The van der Waals surface area contributed by atoms with Crippen molar-refractivity contribution in [3.8, 4) is 5.75 Å². The number of hydrogen-bond donors (Lipinski definition) is 2. The summed E-state index contributed by atoms with van der Waals surface area (Å²) < 4.78 is 5.53. The van der Waals surface area contributed by atoms with Crippen LogP contribution in [0.15, 0.2) is 36.4 Å². The molecule has 1 atom stereocenters. The molecule has 1 heterocycles. The Morgan fingerprint density at radius 3 is 2.52 bits per heavy atom. The summed E-state index contributed by atoms with van der Waals surface area (Å²) in [6, 6.07) is 10.9. The molecule has 2 rings (SSSR count). The van der Waals surface area contributed by atoms with E-state index in [0.29, 0.717) is 5.75 Å². The molecule has 0 aliphatic rings. The first-order valence-electron chi connectivity index (χ1n) is 6.72. The van der Waals surface area contributed by atoms with Crippen LogP contribution in [0.1, 0.15) is 46.0 Å². The van der Waals surface area contributed by atoms with E-state index in [1.165, 1.54) is 11.3 Å². The molecule has 0 aliphatic heterocycles. The Balaban J connectivity index is 2.10. The predicted molar refractivity (Wildman–Crippen MR) is 82.3 cm³/mol. The fourth-order valence-electron chi connectivity index (χ4n) is 1.87. The molecular weight excluding hydrogens is 288 g/mol. The van der Waals surface area contributed by atoms with Gasteiger partial charge < -0.3 is 14.9 Å². The quantitative estimate of drug-likeness (QED) is 0.854. The van der Waals surface area contributed by atoms with Crippen molar-refractivity contribution >= 4 is 17.3 Å². The molecule has 2 aromatic rings. The van der Waals surface area contributed by atoms with Gasteiger partial charge in [0.15, 0.2) is 4.88 Å². The van der Waals surface area contributed by atoms with Gasteiger partial charge in [-0.3, -0.25) is 0 Å².